The Hall–Kier alpha value is -1.13. The minimum atomic E-state index is -0.279. The van der Waals surface area contributed by atoms with Crippen LogP contribution in [0.4, 0.5) is 4.39 Å². The minimum absolute atomic E-state index is 0. The van der Waals surface area contributed by atoms with Crippen molar-refractivity contribution in [3.8, 4) is 0 Å². The van der Waals surface area contributed by atoms with Gasteiger partial charge >= 0.3 is 0 Å². The molecule has 0 bridgehead atoms. The first-order valence-electron chi connectivity index (χ1n) is 6.83. The first-order chi connectivity index (χ1) is 9.00. The zero-order valence-electron chi connectivity index (χ0n) is 11.9. The second-order valence-corrected chi connectivity index (χ2v) is 5.38. The van der Waals surface area contributed by atoms with Gasteiger partial charge in [-0.1, -0.05) is 0 Å². The number of piperidine rings is 1. The summed E-state index contributed by atoms with van der Waals surface area (Å²) in [6.07, 6.45) is 3.07. The van der Waals surface area contributed by atoms with Crippen LogP contribution in [0.5, 0.6) is 0 Å². The van der Waals surface area contributed by atoms with Crippen molar-refractivity contribution in [1.82, 2.24) is 4.90 Å². The molecule has 2 atom stereocenters. The largest absolute Gasteiger partial charge is 0.334 e. The summed E-state index contributed by atoms with van der Waals surface area (Å²) in [4.78, 5) is 14.4. The number of amides is 1. The van der Waals surface area contributed by atoms with Crippen molar-refractivity contribution in [2.45, 2.75) is 45.2 Å². The molecule has 2 rings (SSSR count). The Kier molecular flexibility index (Phi) is 5.96. The van der Waals surface area contributed by atoms with Crippen LogP contribution in [0.25, 0.3) is 0 Å². The van der Waals surface area contributed by atoms with Crippen LogP contribution >= 0.6 is 12.4 Å². The molecule has 0 radical (unpaired) electrons. The van der Waals surface area contributed by atoms with Crippen molar-refractivity contribution in [3.05, 3.63) is 35.1 Å². The fourth-order valence-corrected chi connectivity index (χ4v) is 2.70. The molecule has 1 aliphatic rings. The molecule has 3 nitrogen and oxygen atoms in total. The molecule has 1 saturated heterocycles. The Bertz CT molecular complexity index is 479. The van der Waals surface area contributed by atoms with Crippen LogP contribution in [-0.2, 0) is 0 Å². The average molecular weight is 301 g/mol. The number of nitrogens with two attached hydrogens (primary N) is 1. The van der Waals surface area contributed by atoms with Crippen molar-refractivity contribution in [2.24, 2.45) is 5.73 Å². The molecule has 20 heavy (non-hydrogen) atoms. The molecular formula is C15H22ClFN2O. The van der Waals surface area contributed by atoms with Crippen LogP contribution in [-0.4, -0.2) is 29.4 Å². The Morgan fingerprint density at radius 2 is 2.15 bits per heavy atom. The fourth-order valence-electron chi connectivity index (χ4n) is 2.70. The van der Waals surface area contributed by atoms with E-state index in [0.717, 1.165) is 25.8 Å². The van der Waals surface area contributed by atoms with Gasteiger partial charge in [-0.2, -0.15) is 0 Å². The highest BCUT2D eigenvalue weighted by atomic mass is 35.5. The lowest BCUT2D eigenvalue weighted by atomic mass is 9.96. The highest BCUT2D eigenvalue weighted by Crippen LogP contribution is 2.22. The van der Waals surface area contributed by atoms with Crippen LogP contribution in [0.15, 0.2) is 18.2 Å². The lowest BCUT2D eigenvalue weighted by Gasteiger charge is -2.38. The van der Waals surface area contributed by atoms with E-state index in [4.69, 9.17) is 5.73 Å². The molecule has 112 valence electrons. The van der Waals surface area contributed by atoms with Gasteiger partial charge in [-0.05, 0) is 56.9 Å². The van der Waals surface area contributed by atoms with Gasteiger partial charge < -0.3 is 10.6 Å². The van der Waals surface area contributed by atoms with E-state index in [1.807, 2.05) is 11.8 Å². The topological polar surface area (TPSA) is 46.3 Å². The van der Waals surface area contributed by atoms with Gasteiger partial charge in [0.15, 0.2) is 0 Å². The molecule has 1 aromatic carbocycles. The van der Waals surface area contributed by atoms with E-state index in [1.165, 1.54) is 6.07 Å². The second kappa shape index (κ2) is 7.04. The molecule has 1 fully saturated rings. The summed E-state index contributed by atoms with van der Waals surface area (Å²) in [5.41, 5.74) is 7.02. The van der Waals surface area contributed by atoms with Gasteiger partial charge in [0.05, 0.1) is 0 Å². The molecule has 2 unspecified atom stereocenters. The molecule has 0 saturated carbocycles. The van der Waals surface area contributed by atoms with E-state index < -0.39 is 0 Å². The van der Waals surface area contributed by atoms with Crippen molar-refractivity contribution in [1.29, 1.82) is 0 Å². The lowest BCUT2D eigenvalue weighted by molar-refractivity contribution is 0.0583. The number of halogens is 2. The van der Waals surface area contributed by atoms with E-state index in [9.17, 15) is 9.18 Å². The highest BCUT2D eigenvalue weighted by molar-refractivity contribution is 5.94. The van der Waals surface area contributed by atoms with Crippen LogP contribution in [0.3, 0.4) is 0 Å². The predicted octanol–water partition coefficient (Wildman–Crippen LogP) is 2.90. The van der Waals surface area contributed by atoms with Gasteiger partial charge in [0.1, 0.15) is 5.82 Å². The number of carbonyl (C=O) groups is 1. The monoisotopic (exact) mass is 300 g/mol. The van der Waals surface area contributed by atoms with E-state index in [-0.39, 0.29) is 36.2 Å². The molecule has 0 aliphatic carbocycles. The standard InChI is InChI=1S/C15H21FN2O.ClH/c1-10-9-12(6-7-13(10)16)15(19)18-8-4-3-5-14(18)11(2)17;/h6-7,9,11,14H,3-5,8,17H2,1-2H3;1H. The zero-order valence-corrected chi connectivity index (χ0v) is 12.8. The third-order valence-electron chi connectivity index (χ3n) is 3.82. The van der Waals surface area contributed by atoms with Gasteiger partial charge in [0.2, 0.25) is 0 Å². The van der Waals surface area contributed by atoms with E-state index in [1.54, 1.807) is 19.1 Å². The zero-order chi connectivity index (χ0) is 14.0. The van der Waals surface area contributed by atoms with Gasteiger partial charge in [-0.15, -0.1) is 12.4 Å². The fraction of sp³-hybridized carbons (Fsp3) is 0.533. The Balaban J connectivity index is 0.00000200. The molecule has 2 N–H and O–H groups in total. The summed E-state index contributed by atoms with van der Waals surface area (Å²) >= 11 is 0. The van der Waals surface area contributed by atoms with Crippen molar-refractivity contribution in [2.75, 3.05) is 6.54 Å². The maximum absolute atomic E-state index is 13.3. The number of aryl methyl sites for hydroxylation is 1. The van der Waals surface area contributed by atoms with E-state index >= 15 is 0 Å². The number of hydrogen-bond donors (Lipinski definition) is 1. The molecule has 5 heteroatoms. The van der Waals surface area contributed by atoms with Gasteiger partial charge in [0, 0.05) is 24.2 Å². The molecule has 0 spiro atoms. The molecule has 1 heterocycles. The number of nitrogens with zero attached hydrogens (tertiary/aromatic N) is 1. The van der Waals surface area contributed by atoms with Crippen LogP contribution in [0.2, 0.25) is 0 Å². The Morgan fingerprint density at radius 1 is 1.45 bits per heavy atom. The van der Waals surface area contributed by atoms with Crippen molar-refractivity contribution < 1.29 is 9.18 Å². The number of hydrogen-bond acceptors (Lipinski definition) is 2. The lowest BCUT2D eigenvalue weighted by Crippen LogP contribution is -2.51. The van der Waals surface area contributed by atoms with Crippen LogP contribution < -0.4 is 5.73 Å². The predicted molar refractivity (Wildman–Crippen MR) is 80.7 cm³/mol. The van der Waals surface area contributed by atoms with E-state index in [0.29, 0.717) is 11.1 Å². The summed E-state index contributed by atoms with van der Waals surface area (Å²) in [6.45, 7) is 4.35. The third-order valence-corrected chi connectivity index (χ3v) is 3.82. The smallest absolute Gasteiger partial charge is 0.254 e. The number of carbonyl (C=O) groups excluding carboxylic acids is 1. The summed E-state index contributed by atoms with van der Waals surface area (Å²) < 4.78 is 13.3. The van der Waals surface area contributed by atoms with Gasteiger partial charge in [-0.3, -0.25) is 4.79 Å². The minimum Gasteiger partial charge on any atom is -0.334 e. The molecule has 1 amide bonds. The summed E-state index contributed by atoms with van der Waals surface area (Å²) in [5, 5.41) is 0. The maximum atomic E-state index is 13.3. The van der Waals surface area contributed by atoms with Crippen LogP contribution in [0, 0.1) is 12.7 Å². The molecular weight excluding hydrogens is 279 g/mol. The first-order valence-corrected chi connectivity index (χ1v) is 6.83. The number of rotatable bonds is 2. The summed E-state index contributed by atoms with van der Waals surface area (Å²) in [7, 11) is 0. The Labute approximate surface area is 125 Å². The molecule has 1 aliphatic heterocycles. The van der Waals surface area contributed by atoms with Crippen molar-refractivity contribution >= 4 is 18.3 Å². The summed E-state index contributed by atoms with van der Waals surface area (Å²) in [5.74, 6) is -0.316. The van der Waals surface area contributed by atoms with Crippen LogP contribution in [0.1, 0.15) is 42.1 Å². The first kappa shape index (κ1) is 16.9. The van der Waals surface area contributed by atoms with Gasteiger partial charge in [0.25, 0.3) is 5.91 Å². The third kappa shape index (κ3) is 3.49. The molecule has 1 aromatic rings. The highest BCUT2D eigenvalue weighted by Gasteiger charge is 2.29. The average Bonchev–Trinajstić information content (AvgIpc) is 2.41. The molecule has 0 aromatic heterocycles. The van der Waals surface area contributed by atoms with Crippen molar-refractivity contribution in [3.63, 3.8) is 0 Å². The quantitative estimate of drug-likeness (QED) is 0.913. The number of benzene rings is 1. The van der Waals surface area contributed by atoms with Gasteiger partial charge in [-0.25, -0.2) is 4.39 Å². The SMILES string of the molecule is Cc1cc(C(=O)N2CCCCC2C(C)N)ccc1F.Cl. The number of likely N-dealkylation sites (tertiary alicyclic amines) is 1. The Morgan fingerprint density at radius 3 is 2.75 bits per heavy atom. The van der Waals surface area contributed by atoms with E-state index in [2.05, 4.69) is 0 Å². The maximum Gasteiger partial charge on any atom is 0.254 e. The second-order valence-electron chi connectivity index (χ2n) is 5.38. The normalized spacial score (nSPS) is 20.2. The summed E-state index contributed by atoms with van der Waals surface area (Å²) in [6, 6.07) is 4.58.